The van der Waals surface area contributed by atoms with Gasteiger partial charge in [0.25, 0.3) is 0 Å². The summed E-state index contributed by atoms with van der Waals surface area (Å²) >= 11 is 12.1. The molecule has 0 radical (unpaired) electrons. The first-order valence-corrected chi connectivity index (χ1v) is 6.07. The Bertz CT molecular complexity index is 550. The van der Waals surface area contributed by atoms with Gasteiger partial charge in [0.05, 0.1) is 15.7 Å². The smallest absolute Gasteiger partial charge is 0.328 e. The Balaban J connectivity index is 2.27. The van der Waals surface area contributed by atoms with Gasteiger partial charge in [0.2, 0.25) is 10.1 Å². The van der Waals surface area contributed by atoms with Crippen LogP contribution in [0.5, 0.6) is 0 Å². The van der Waals surface area contributed by atoms with E-state index in [-0.39, 0.29) is 15.2 Å². The van der Waals surface area contributed by atoms with Crippen LogP contribution in [-0.2, 0) is 6.18 Å². The average Bonchev–Trinajstić information content (AvgIpc) is 2.72. The summed E-state index contributed by atoms with van der Waals surface area (Å²) in [5.74, 6) is 0. The van der Waals surface area contributed by atoms with Crippen LogP contribution in [0.3, 0.4) is 0 Å². The van der Waals surface area contributed by atoms with Crippen molar-refractivity contribution in [3.8, 4) is 0 Å². The predicted octanol–water partition coefficient (Wildman–Crippen LogP) is 4.61. The molecule has 96 valence electrons. The van der Waals surface area contributed by atoms with Crippen molar-refractivity contribution >= 4 is 45.4 Å². The maximum atomic E-state index is 12.3. The van der Waals surface area contributed by atoms with Crippen molar-refractivity contribution in [3.05, 3.63) is 33.3 Å². The molecule has 1 heterocycles. The molecule has 0 fully saturated rings. The summed E-state index contributed by atoms with van der Waals surface area (Å²) in [4.78, 5) is 0. The Kier molecular flexibility index (Phi) is 3.65. The molecule has 0 atom stereocenters. The van der Waals surface area contributed by atoms with Gasteiger partial charge >= 0.3 is 6.18 Å². The molecular weight excluding hydrogens is 310 g/mol. The summed E-state index contributed by atoms with van der Waals surface area (Å²) in [6, 6.07) is 4.74. The molecule has 1 aromatic carbocycles. The normalized spacial score (nSPS) is 11.6. The number of hydrogen-bond acceptors (Lipinski definition) is 4. The Morgan fingerprint density at radius 3 is 2.22 bits per heavy atom. The van der Waals surface area contributed by atoms with E-state index < -0.39 is 11.2 Å². The van der Waals surface area contributed by atoms with E-state index in [0.717, 1.165) is 0 Å². The molecule has 3 nitrogen and oxygen atoms in total. The molecule has 2 aromatic rings. The van der Waals surface area contributed by atoms with Crippen molar-refractivity contribution in [1.29, 1.82) is 0 Å². The number of hydrogen-bond donors (Lipinski definition) is 1. The molecule has 0 aliphatic heterocycles. The monoisotopic (exact) mass is 313 g/mol. The molecule has 0 spiro atoms. The zero-order valence-electron chi connectivity index (χ0n) is 8.42. The fraction of sp³-hybridized carbons (Fsp3) is 0.111. The second kappa shape index (κ2) is 4.91. The summed E-state index contributed by atoms with van der Waals surface area (Å²) in [7, 11) is 0. The van der Waals surface area contributed by atoms with E-state index in [1.54, 1.807) is 18.2 Å². The standard InChI is InChI=1S/C9H4Cl2F3N3S/c10-4-2-1-3-5(11)6(4)15-8-17-16-7(18-8)9(12,13)14/h1-3H,(H,15,17). The van der Waals surface area contributed by atoms with Gasteiger partial charge in [-0.15, -0.1) is 10.2 Å². The third-order valence-electron chi connectivity index (χ3n) is 1.86. The SMILES string of the molecule is FC(F)(F)c1nnc(Nc2c(Cl)cccc2Cl)s1. The van der Waals surface area contributed by atoms with Gasteiger partial charge in [-0.1, -0.05) is 40.6 Å². The molecule has 9 heteroatoms. The molecule has 0 amide bonds. The second-order valence-corrected chi connectivity index (χ2v) is 4.92. The minimum Gasteiger partial charge on any atom is -0.328 e. The number of halogens is 5. The first-order chi connectivity index (χ1) is 8.38. The summed E-state index contributed by atoms with van der Waals surface area (Å²) in [5, 5.41) is 8.53. The highest BCUT2D eigenvalue weighted by molar-refractivity contribution is 7.15. The van der Waals surface area contributed by atoms with E-state index in [4.69, 9.17) is 23.2 Å². The summed E-state index contributed by atoms with van der Waals surface area (Å²) in [6.45, 7) is 0. The largest absolute Gasteiger partial charge is 0.445 e. The van der Waals surface area contributed by atoms with Gasteiger partial charge in [0.15, 0.2) is 0 Å². The number of rotatable bonds is 2. The zero-order chi connectivity index (χ0) is 13.3. The first kappa shape index (κ1) is 13.4. The fourth-order valence-electron chi connectivity index (χ4n) is 1.11. The Morgan fingerprint density at radius 2 is 1.72 bits per heavy atom. The van der Waals surface area contributed by atoms with Crippen molar-refractivity contribution in [3.63, 3.8) is 0 Å². The number of nitrogens with one attached hydrogen (secondary N) is 1. The molecule has 0 aliphatic rings. The Labute approximate surface area is 114 Å². The fourth-order valence-corrected chi connectivity index (χ4v) is 2.22. The molecule has 0 saturated heterocycles. The quantitative estimate of drug-likeness (QED) is 0.880. The number of alkyl halides is 3. The number of para-hydroxylation sites is 1. The molecule has 1 aromatic heterocycles. The molecule has 2 rings (SSSR count). The number of benzene rings is 1. The van der Waals surface area contributed by atoms with Crippen LogP contribution in [0.1, 0.15) is 5.01 Å². The lowest BCUT2D eigenvalue weighted by Gasteiger charge is -2.06. The molecular formula is C9H4Cl2F3N3S. The number of aromatic nitrogens is 2. The Hall–Kier alpha value is -1.05. The molecule has 1 N–H and O–H groups in total. The van der Waals surface area contributed by atoms with Crippen LogP contribution < -0.4 is 5.32 Å². The molecule has 0 unspecified atom stereocenters. The van der Waals surface area contributed by atoms with Crippen molar-refractivity contribution in [1.82, 2.24) is 10.2 Å². The van der Waals surface area contributed by atoms with E-state index in [1.807, 2.05) is 0 Å². The summed E-state index contributed by atoms with van der Waals surface area (Å²) in [6.07, 6.45) is -4.51. The van der Waals surface area contributed by atoms with Gasteiger partial charge in [-0.3, -0.25) is 0 Å². The lowest BCUT2D eigenvalue weighted by atomic mass is 10.3. The Morgan fingerprint density at radius 1 is 1.11 bits per heavy atom. The van der Waals surface area contributed by atoms with Gasteiger partial charge in [-0.2, -0.15) is 13.2 Å². The number of nitrogens with zero attached hydrogens (tertiary/aromatic N) is 2. The van der Waals surface area contributed by atoms with E-state index in [1.165, 1.54) is 0 Å². The van der Waals surface area contributed by atoms with Crippen molar-refractivity contribution in [2.24, 2.45) is 0 Å². The maximum Gasteiger partial charge on any atom is 0.445 e. The third kappa shape index (κ3) is 2.85. The highest BCUT2D eigenvalue weighted by atomic mass is 35.5. The predicted molar refractivity (Wildman–Crippen MR) is 64.7 cm³/mol. The van der Waals surface area contributed by atoms with Gasteiger partial charge in [0, 0.05) is 0 Å². The van der Waals surface area contributed by atoms with Gasteiger partial charge in [-0.25, -0.2) is 0 Å². The van der Waals surface area contributed by atoms with Crippen LogP contribution in [0.15, 0.2) is 18.2 Å². The molecule has 0 bridgehead atoms. The lowest BCUT2D eigenvalue weighted by Crippen LogP contribution is -2.03. The van der Waals surface area contributed by atoms with Crippen LogP contribution in [0, 0.1) is 0 Å². The van der Waals surface area contributed by atoms with Gasteiger partial charge < -0.3 is 5.32 Å². The second-order valence-electron chi connectivity index (χ2n) is 3.13. The molecule has 18 heavy (non-hydrogen) atoms. The van der Waals surface area contributed by atoms with E-state index >= 15 is 0 Å². The highest BCUT2D eigenvalue weighted by Gasteiger charge is 2.35. The van der Waals surface area contributed by atoms with Gasteiger partial charge in [-0.05, 0) is 12.1 Å². The van der Waals surface area contributed by atoms with Crippen LogP contribution in [0.2, 0.25) is 10.0 Å². The topological polar surface area (TPSA) is 37.8 Å². The van der Waals surface area contributed by atoms with E-state index in [9.17, 15) is 13.2 Å². The van der Waals surface area contributed by atoms with Crippen LogP contribution in [0.4, 0.5) is 24.0 Å². The van der Waals surface area contributed by atoms with E-state index in [2.05, 4.69) is 15.5 Å². The van der Waals surface area contributed by atoms with Crippen molar-refractivity contribution < 1.29 is 13.2 Å². The molecule has 0 saturated carbocycles. The van der Waals surface area contributed by atoms with Crippen molar-refractivity contribution in [2.45, 2.75) is 6.18 Å². The lowest BCUT2D eigenvalue weighted by molar-refractivity contribution is -0.138. The highest BCUT2D eigenvalue weighted by Crippen LogP contribution is 2.37. The minimum atomic E-state index is -4.51. The van der Waals surface area contributed by atoms with Crippen molar-refractivity contribution in [2.75, 3.05) is 5.32 Å². The minimum absolute atomic E-state index is 0.0303. The van der Waals surface area contributed by atoms with Gasteiger partial charge in [0.1, 0.15) is 0 Å². The third-order valence-corrected chi connectivity index (χ3v) is 3.38. The summed E-state index contributed by atoms with van der Waals surface area (Å²) < 4.78 is 37.0. The molecule has 0 aliphatic carbocycles. The first-order valence-electron chi connectivity index (χ1n) is 4.49. The van der Waals surface area contributed by atoms with E-state index in [0.29, 0.717) is 17.0 Å². The van der Waals surface area contributed by atoms with Crippen LogP contribution in [0.25, 0.3) is 0 Å². The summed E-state index contributed by atoms with van der Waals surface area (Å²) in [5.41, 5.74) is 0.297. The van der Waals surface area contributed by atoms with Crippen LogP contribution >= 0.6 is 34.5 Å². The average molecular weight is 314 g/mol. The maximum absolute atomic E-state index is 12.3. The zero-order valence-corrected chi connectivity index (χ0v) is 10.8. The number of anilines is 2. The van der Waals surface area contributed by atoms with Crippen LogP contribution in [-0.4, -0.2) is 10.2 Å².